The maximum atomic E-state index is 5.88. The lowest BCUT2D eigenvalue weighted by Gasteiger charge is -2.11. The molecule has 0 amide bonds. The molecule has 2 aromatic rings. The quantitative estimate of drug-likeness (QED) is 0.806. The summed E-state index contributed by atoms with van der Waals surface area (Å²) in [5.74, 6) is 1.19. The summed E-state index contributed by atoms with van der Waals surface area (Å²) in [5, 5.41) is 8.74. The van der Waals surface area contributed by atoms with Gasteiger partial charge in [-0.1, -0.05) is 30.1 Å². The molecule has 0 aliphatic rings. The highest BCUT2D eigenvalue weighted by Gasteiger charge is 2.12. The van der Waals surface area contributed by atoms with E-state index in [1.807, 2.05) is 23.7 Å². The molecule has 0 saturated heterocycles. The minimum absolute atomic E-state index is 0.260. The molecule has 2 rings (SSSR count). The lowest BCUT2D eigenvalue weighted by atomic mass is 9.99. The van der Waals surface area contributed by atoms with Crippen molar-refractivity contribution in [1.29, 1.82) is 0 Å². The molecule has 2 heterocycles. The van der Waals surface area contributed by atoms with Gasteiger partial charge < -0.3 is 4.57 Å². The van der Waals surface area contributed by atoms with Gasteiger partial charge in [-0.2, -0.15) is 0 Å². The summed E-state index contributed by atoms with van der Waals surface area (Å²) in [6.07, 6.45) is 2.47. The van der Waals surface area contributed by atoms with E-state index < -0.39 is 0 Å². The van der Waals surface area contributed by atoms with E-state index in [-0.39, 0.29) is 5.92 Å². The van der Waals surface area contributed by atoms with Crippen LogP contribution < -0.4 is 0 Å². The Labute approximate surface area is 110 Å². The highest BCUT2D eigenvalue weighted by atomic mass is 35.5. The lowest BCUT2D eigenvalue weighted by molar-refractivity contribution is 0.680. The Bertz CT molecular complexity index is 504. The zero-order valence-corrected chi connectivity index (χ0v) is 11.1. The van der Waals surface area contributed by atoms with Gasteiger partial charge in [-0.15, -0.1) is 10.2 Å². The van der Waals surface area contributed by atoms with Crippen LogP contribution in [0.15, 0.2) is 18.5 Å². The SMILES string of the molecule is C[C@H](Cc1nncn1C)c1cc(Cl)nc(Cl)c1. The van der Waals surface area contributed by atoms with Crippen LogP contribution in [0.2, 0.25) is 10.3 Å². The first-order valence-electron chi connectivity index (χ1n) is 5.22. The molecule has 0 aliphatic heterocycles. The molecule has 0 N–H and O–H groups in total. The number of hydrogen-bond acceptors (Lipinski definition) is 3. The Morgan fingerprint density at radius 2 is 1.94 bits per heavy atom. The second-order valence-electron chi connectivity index (χ2n) is 4.01. The van der Waals surface area contributed by atoms with E-state index in [0.29, 0.717) is 10.3 Å². The van der Waals surface area contributed by atoms with Crippen LogP contribution in [0.3, 0.4) is 0 Å². The third kappa shape index (κ3) is 2.96. The molecule has 0 aromatic carbocycles. The molecule has 0 fully saturated rings. The smallest absolute Gasteiger partial charge is 0.133 e. The first-order valence-corrected chi connectivity index (χ1v) is 5.97. The molecule has 0 unspecified atom stereocenters. The third-order valence-corrected chi connectivity index (χ3v) is 3.04. The van der Waals surface area contributed by atoms with E-state index in [4.69, 9.17) is 23.2 Å². The van der Waals surface area contributed by atoms with Crippen molar-refractivity contribution in [2.75, 3.05) is 0 Å². The summed E-state index contributed by atoms with van der Waals surface area (Å²) in [4.78, 5) is 3.93. The van der Waals surface area contributed by atoms with E-state index >= 15 is 0 Å². The van der Waals surface area contributed by atoms with Gasteiger partial charge in [0, 0.05) is 13.5 Å². The summed E-state index contributed by atoms with van der Waals surface area (Å²) in [6.45, 7) is 2.09. The minimum atomic E-state index is 0.260. The highest BCUT2D eigenvalue weighted by molar-refractivity contribution is 6.32. The molecule has 90 valence electrons. The first-order chi connectivity index (χ1) is 8.06. The maximum absolute atomic E-state index is 5.88. The van der Waals surface area contributed by atoms with Gasteiger partial charge in [0.1, 0.15) is 22.5 Å². The average Bonchev–Trinajstić information content (AvgIpc) is 2.63. The van der Waals surface area contributed by atoms with Gasteiger partial charge >= 0.3 is 0 Å². The van der Waals surface area contributed by atoms with Gasteiger partial charge in [-0.25, -0.2) is 4.98 Å². The summed E-state index contributed by atoms with van der Waals surface area (Å²) in [5.41, 5.74) is 1.05. The van der Waals surface area contributed by atoms with E-state index in [1.165, 1.54) is 0 Å². The van der Waals surface area contributed by atoms with Crippen LogP contribution in [0.25, 0.3) is 0 Å². The fourth-order valence-electron chi connectivity index (χ4n) is 1.65. The Balaban J connectivity index is 2.20. The number of aryl methyl sites for hydroxylation is 1. The van der Waals surface area contributed by atoms with Crippen LogP contribution in [-0.4, -0.2) is 19.7 Å². The monoisotopic (exact) mass is 270 g/mol. The Kier molecular flexibility index (Phi) is 3.64. The predicted octanol–water partition coefficient (Wildman–Crippen LogP) is 2.86. The van der Waals surface area contributed by atoms with Crippen molar-refractivity contribution in [3.63, 3.8) is 0 Å². The second kappa shape index (κ2) is 5.02. The number of hydrogen-bond donors (Lipinski definition) is 0. The molecule has 4 nitrogen and oxygen atoms in total. The van der Waals surface area contributed by atoms with Crippen molar-refractivity contribution in [3.8, 4) is 0 Å². The summed E-state index contributed by atoms with van der Waals surface area (Å²) >= 11 is 11.8. The topological polar surface area (TPSA) is 43.6 Å². The first kappa shape index (κ1) is 12.3. The van der Waals surface area contributed by atoms with Crippen molar-refractivity contribution in [2.24, 2.45) is 7.05 Å². The fraction of sp³-hybridized carbons (Fsp3) is 0.364. The highest BCUT2D eigenvalue weighted by Crippen LogP contribution is 2.24. The van der Waals surface area contributed by atoms with Gasteiger partial charge in [0.05, 0.1) is 0 Å². The fourth-order valence-corrected chi connectivity index (χ4v) is 2.13. The number of pyridine rings is 1. The second-order valence-corrected chi connectivity index (χ2v) is 4.78. The molecule has 2 aromatic heterocycles. The zero-order chi connectivity index (χ0) is 12.4. The molecule has 0 aliphatic carbocycles. The third-order valence-electron chi connectivity index (χ3n) is 2.65. The normalized spacial score (nSPS) is 12.7. The van der Waals surface area contributed by atoms with Crippen molar-refractivity contribution < 1.29 is 0 Å². The Morgan fingerprint density at radius 3 is 2.47 bits per heavy atom. The molecule has 1 atom stereocenters. The van der Waals surface area contributed by atoms with Crippen LogP contribution in [0.5, 0.6) is 0 Å². The van der Waals surface area contributed by atoms with E-state index in [1.54, 1.807) is 6.33 Å². The number of aromatic nitrogens is 4. The van der Waals surface area contributed by atoms with Crippen LogP contribution in [0.4, 0.5) is 0 Å². The summed E-state index contributed by atoms with van der Waals surface area (Å²) in [6, 6.07) is 3.66. The van der Waals surface area contributed by atoms with E-state index in [2.05, 4.69) is 22.1 Å². The van der Waals surface area contributed by atoms with Crippen LogP contribution in [0, 0.1) is 0 Å². The van der Waals surface area contributed by atoms with Crippen molar-refractivity contribution in [2.45, 2.75) is 19.3 Å². The van der Waals surface area contributed by atoms with Gasteiger partial charge in [0.25, 0.3) is 0 Å². The molecule has 0 spiro atoms. The summed E-state index contributed by atoms with van der Waals surface area (Å²) < 4.78 is 1.90. The Hall–Kier alpha value is -1.13. The summed E-state index contributed by atoms with van der Waals surface area (Å²) in [7, 11) is 1.93. The molecular weight excluding hydrogens is 259 g/mol. The van der Waals surface area contributed by atoms with Crippen LogP contribution in [0.1, 0.15) is 24.2 Å². The zero-order valence-electron chi connectivity index (χ0n) is 9.56. The van der Waals surface area contributed by atoms with Gasteiger partial charge in [-0.3, -0.25) is 0 Å². The van der Waals surface area contributed by atoms with Crippen molar-refractivity contribution in [3.05, 3.63) is 40.2 Å². The number of nitrogens with zero attached hydrogens (tertiary/aromatic N) is 4. The molecule has 0 radical (unpaired) electrons. The lowest BCUT2D eigenvalue weighted by Crippen LogP contribution is -2.04. The molecule has 0 bridgehead atoms. The number of halogens is 2. The molecule has 0 saturated carbocycles. The van der Waals surface area contributed by atoms with E-state index in [0.717, 1.165) is 17.8 Å². The van der Waals surface area contributed by atoms with Gasteiger partial charge in [0.15, 0.2) is 0 Å². The Morgan fingerprint density at radius 1 is 1.29 bits per heavy atom. The minimum Gasteiger partial charge on any atom is -0.321 e. The van der Waals surface area contributed by atoms with Gasteiger partial charge in [-0.05, 0) is 23.6 Å². The largest absolute Gasteiger partial charge is 0.321 e. The van der Waals surface area contributed by atoms with Crippen LogP contribution >= 0.6 is 23.2 Å². The van der Waals surface area contributed by atoms with Gasteiger partial charge in [0.2, 0.25) is 0 Å². The molecule has 17 heavy (non-hydrogen) atoms. The molecular formula is C11H12Cl2N4. The average molecular weight is 271 g/mol. The molecule has 6 heteroatoms. The van der Waals surface area contributed by atoms with Crippen molar-refractivity contribution in [1.82, 2.24) is 19.7 Å². The maximum Gasteiger partial charge on any atom is 0.133 e. The number of rotatable bonds is 3. The standard InChI is InChI=1S/C11H12Cl2N4/c1-7(3-11-16-14-6-17(11)2)8-4-9(12)15-10(13)5-8/h4-7H,3H2,1-2H3/t7-/m1/s1. The van der Waals surface area contributed by atoms with Crippen molar-refractivity contribution >= 4 is 23.2 Å². The van der Waals surface area contributed by atoms with E-state index in [9.17, 15) is 0 Å². The van der Waals surface area contributed by atoms with Crippen LogP contribution in [-0.2, 0) is 13.5 Å². The predicted molar refractivity (Wildman–Crippen MR) is 67.4 cm³/mol.